The maximum Gasteiger partial charge on any atom is 0.417 e. The molecule has 0 aliphatic carbocycles. The number of hydrogen-bond acceptors (Lipinski definition) is 5. The van der Waals surface area contributed by atoms with E-state index in [-0.39, 0.29) is 12.3 Å². The zero-order valence-corrected chi connectivity index (χ0v) is 17.2. The van der Waals surface area contributed by atoms with Crippen molar-refractivity contribution >= 4 is 17.7 Å². The number of rotatable bonds is 2. The molecule has 32 heavy (non-hydrogen) atoms. The van der Waals surface area contributed by atoms with Gasteiger partial charge in [-0.3, -0.25) is 9.69 Å². The third-order valence-electron chi connectivity index (χ3n) is 7.56. The first-order valence-electron chi connectivity index (χ1n) is 10.2. The van der Waals surface area contributed by atoms with Crippen LogP contribution in [0.5, 0.6) is 0 Å². The van der Waals surface area contributed by atoms with E-state index in [4.69, 9.17) is 14.7 Å². The van der Waals surface area contributed by atoms with Crippen LogP contribution in [-0.4, -0.2) is 59.1 Å². The fourth-order valence-corrected chi connectivity index (χ4v) is 6.27. The van der Waals surface area contributed by atoms with Crippen molar-refractivity contribution in [2.45, 2.75) is 49.4 Å². The average molecular weight is 451 g/mol. The maximum atomic E-state index is 13.6. The molecule has 0 saturated carbocycles. The molecule has 1 spiro atoms. The SMILES string of the molecule is CN(C(=O)O)[C@@H]1C[C@]23CCO[C@@H]4[C@H]2[C@@H](C(=O)N4c2ccc(C#N)c(C(F)(F)F)c2)[C@@]1(C)O3. The maximum absolute atomic E-state index is 13.6. The second kappa shape index (κ2) is 6.36. The number of alkyl halides is 3. The van der Waals surface area contributed by atoms with Crippen LogP contribution in [0.3, 0.4) is 0 Å². The highest BCUT2D eigenvalue weighted by atomic mass is 19.4. The molecule has 5 rings (SSSR count). The lowest BCUT2D eigenvalue weighted by atomic mass is 9.64. The van der Waals surface area contributed by atoms with Gasteiger partial charge in [0.2, 0.25) is 5.91 Å². The number of nitrogens with zero attached hydrogens (tertiary/aromatic N) is 3. The van der Waals surface area contributed by atoms with Gasteiger partial charge in [0.1, 0.15) is 6.23 Å². The van der Waals surface area contributed by atoms with E-state index in [2.05, 4.69) is 0 Å². The predicted molar refractivity (Wildman–Crippen MR) is 101 cm³/mol. The van der Waals surface area contributed by atoms with Crippen LogP contribution in [0.25, 0.3) is 0 Å². The number of carbonyl (C=O) groups excluding carboxylic acids is 1. The normalized spacial score (nSPS) is 37.4. The molecule has 1 aromatic rings. The Balaban J connectivity index is 1.60. The van der Waals surface area contributed by atoms with Gasteiger partial charge in [-0.05, 0) is 25.1 Å². The van der Waals surface area contributed by atoms with E-state index in [0.717, 1.165) is 17.0 Å². The van der Waals surface area contributed by atoms with Crippen LogP contribution in [0.2, 0.25) is 0 Å². The van der Waals surface area contributed by atoms with Crippen LogP contribution in [0.15, 0.2) is 18.2 Å². The van der Waals surface area contributed by atoms with Gasteiger partial charge in [-0.2, -0.15) is 18.4 Å². The van der Waals surface area contributed by atoms with Crippen LogP contribution < -0.4 is 4.90 Å². The van der Waals surface area contributed by atoms with Gasteiger partial charge in [-0.15, -0.1) is 0 Å². The molecule has 4 fully saturated rings. The standard InChI is InChI=1S/C21H20F3N3O5/c1-19-13(26(2)18(29)30)8-20(32-19)5-6-31-17-15(20)14(19)16(28)27(17)11-4-3-10(9-25)12(7-11)21(22,23)24/h3-4,7,13-15,17H,5-6,8H2,1-2H3,(H,29,30)/t13-,14+,15-,17-,19+,20-/m1/s1. The Kier molecular flexibility index (Phi) is 4.18. The Morgan fingerprint density at radius 3 is 2.75 bits per heavy atom. The number of hydrogen-bond donors (Lipinski definition) is 1. The summed E-state index contributed by atoms with van der Waals surface area (Å²) in [7, 11) is 1.43. The molecule has 4 heterocycles. The Morgan fingerprint density at radius 1 is 1.41 bits per heavy atom. The number of ether oxygens (including phenoxy) is 2. The molecule has 170 valence electrons. The van der Waals surface area contributed by atoms with Gasteiger partial charge >= 0.3 is 12.3 Å². The van der Waals surface area contributed by atoms with E-state index in [0.29, 0.717) is 12.8 Å². The summed E-state index contributed by atoms with van der Waals surface area (Å²) in [4.78, 5) is 27.6. The molecule has 0 aromatic heterocycles. The highest BCUT2D eigenvalue weighted by Crippen LogP contribution is 2.66. The average Bonchev–Trinajstić information content (AvgIpc) is 3.30. The topological polar surface area (TPSA) is 103 Å². The van der Waals surface area contributed by atoms with Crippen molar-refractivity contribution in [3.8, 4) is 6.07 Å². The number of halogens is 3. The first kappa shape index (κ1) is 21.0. The molecular weight excluding hydrogens is 431 g/mol. The second-order valence-corrected chi connectivity index (χ2v) is 9.03. The monoisotopic (exact) mass is 451 g/mol. The van der Waals surface area contributed by atoms with Gasteiger partial charge in [0.15, 0.2) is 0 Å². The number of likely N-dealkylation sites (N-methyl/N-ethyl adjacent to an activating group) is 1. The lowest BCUT2D eigenvalue weighted by Gasteiger charge is -2.44. The van der Waals surface area contributed by atoms with E-state index in [1.807, 2.05) is 0 Å². The minimum atomic E-state index is -4.77. The first-order chi connectivity index (χ1) is 14.9. The van der Waals surface area contributed by atoms with Crippen molar-refractivity contribution in [3.05, 3.63) is 29.3 Å². The molecule has 11 heteroatoms. The number of carbonyl (C=O) groups is 2. The van der Waals surface area contributed by atoms with Crippen LogP contribution in [-0.2, 0) is 20.4 Å². The third-order valence-corrected chi connectivity index (χ3v) is 7.56. The van der Waals surface area contributed by atoms with Crippen molar-refractivity contribution in [2.24, 2.45) is 11.8 Å². The van der Waals surface area contributed by atoms with Crippen LogP contribution in [0.1, 0.15) is 30.9 Å². The molecule has 4 aliphatic rings. The summed E-state index contributed by atoms with van der Waals surface area (Å²) < 4.78 is 52.8. The lowest BCUT2D eigenvalue weighted by Crippen LogP contribution is -2.58. The molecule has 4 saturated heterocycles. The summed E-state index contributed by atoms with van der Waals surface area (Å²) in [6, 6.07) is 4.12. The molecular formula is C21H20F3N3O5. The number of benzene rings is 1. The van der Waals surface area contributed by atoms with Gasteiger partial charge < -0.3 is 19.5 Å². The van der Waals surface area contributed by atoms with Crippen molar-refractivity contribution in [1.29, 1.82) is 5.26 Å². The zero-order chi connectivity index (χ0) is 23.2. The summed E-state index contributed by atoms with van der Waals surface area (Å²) in [6.45, 7) is 1.92. The summed E-state index contributed by atoms with van der Waals surface area (Å²) in [5.74, 6) is -1.66. The molecule has 0 radical (unpaired) electrons. The summed E-state index contributed by atoms with van der Waals surface area (Å²) in [5, 5.41) is 18.6. The predicted octanol–water partition coefficient (Wildman–Crippen LogP) is 2.81. The number of nitriles is 1. The lowest BCUT2D eigenvalue weighted by molar-refractivity contribution is -0.141. The van der Waals surface area contributed by atoms with Gasteiger partial charge in [0.25, 0.3) is 0 Å². The van der Waals surface area contributed by atoms with Gasteiger partial charge in [-0.1, -0.05) is 0 Å². The molecule has 0 unspecified atom stereocenters. The highest BCUT2D eigenvalue weighted by molar-refractivity contribution is 6.00. The Bertz CT molecular complexity index is 1070. The van der Waals surface area contributed by atoms with E-state index in [1.54, 1.807) is 6.92 Å². The number of carboxylic acid groups (broad SMARTS) is 1. The number of anilines is 1. The van der Waals surface area contributed by atoms with Crippen molar-refractivity contribution < 1.29 is 37.3 Å². The van der Waals surface area contributed by atoms with E-state index < -0.39 is 64.6 Å². The van der Waals surface area contributed by atoms with Crippen molar-refractivity contribution in [3.63, 3.8) is 0 Å². The quantitative estimate of drug-likeness (QED) is 0.742. The van der Waals surface area contributed by atoms with E-state index in [1.165, 1.54) is 24.1 Å². The van der Waals surface area contributed by atoms with Crippen molar-refractivity contribution in [2.75, 3.05) is 18.6 Å². The fraction of sp³-hybridized carbons (Fsp3) is 0.571. The second-order valence-electron chi connectivity index (χ2n) is 9.03. The molecule has 4 aliphatic heterocycles. The number of amides is 2. The largest absolute Gasteiger partial charge is 0.465 e. The van der Waals surface area contributed by atoms with E-state index >= 15 is 0 Å². The van der Waals surface area contributed by atoms with Crippen molar-refractivity contribution in [1.82, 2.24) is 4.90 Å². The molecule has 1 N–H and O–H groups in total. The van der Waals surface area contributed by atoms with Crippen LogP contribution >= 0.6 is 0 Å². The Morgan fingerprint density at radius 2 is 2.12 bits per heavy atom. The Hall–Kier alpha value is -2.84. The van der Waals surface area contributed by atoms with E-state index in [9.17, 15) is 27.9 Å². The summed E-state index contributed by atoms with van der Waals surface area (Å²) >= 11 is 0. The zero-order valence-electron chi connectivity index (χ0n) is 17.2. The first-order valence-corrected chi connectivity index (χ1v) is 10.2. The summed E-state index contributed by atoms with van der Waals surface area (Å²) in [6.07, 6.45) is -5.89. The fourth-order valence-electron chi connectivity index (χ4n) is 6.27. The van der Waals surface area contributed by atoms with Gasteiger partial charge in [-0.25, -0.2) is 4.79 Å². The number of fused-ring (bicyclic) bond motifs is 2. The highest BCUT2D eigenvalue weighted by Gasteiger charge is 2.78. The van der Waals surface area contributed by atoms with Gasteiger partial charge in [0.05, 0.1) is 47.0 Å². The summed E-state index contributed by atoms with van der Waals surface area (Å²) in [5.41, 5.74) is -3.59. The van der Waals surface area contributed by atoms with Crippen LogP contribution in [0, 0.1) is 23.2 Å². The minimum absolute atomic E-state index is 0.0103. The molecule has 6 atom stereocenters. The minimum Gasteiger partial charge on any atom is -0.465 e. The smallest absolute Gasteiger partial charge is 0.417 e. The van der Waals surface area contributed by atoms with Crippen LogP contribution in [0.4, 0.5) is 23.7 Å². The Labute approximate surface area is 181 Å². The molecule has 8 nitrogen and oxygen atoms in total. The molecule has 2 amide bonds. The van der Waals surface area contributed by atoms with Gasteiger partial charge in [0, 0.05) is 31.5 Å². The molecule has 1 aromatic carbocycles. The molecule has 2 bridgehead atoms. The third kappa shape index (κ3) is 2.50.